The molecule has 1 heterocycles. The Morgan fingerprint density at radius 3 is 2.82 bits per heavy atom. The van der Waals surface area contributed by atoms with E-state index in [1.54, 1.807) is 25.8 Å². The van der Waals surface area contributed by atoms with Crippen molar-refractivity contribution in [3.05, 3.63) is 29.3 Å². The monoisotopic (exact) mass is 249 g/mol. The molecule has 0 aliphatic carbocycles. The lowest BCUT2D eigenvalue weighted by molar-refractivity contribution is -0.113. The van der Waals surface area contributed by atoms with Crippen molar-refractivity contribution < 1.29 is 9.53 Å². The summed E-state index contributed by atoms with van der Waals surface area (Å²) < 4.78 is 5.22. The highest BCUT2D eigenvalue weighted by atomic mass is 32.2. The molecule has 0 amide bonds. The fourth-order valence-electron chi connectivity index (χ4n) is 1.94. The average Bonchev–Trinajstić information content (AvgIpc) is 2.36. The van der Waals surface area contributed by atoms with Crippen LogP contribution >= 0.6 is 11.8 Å². The lowest BCUT2D eigenvalue weighted by Gasteiger charge is -2.23. The predicted octanol–water partition coefficient (Wildman–Crippen LogP) is 2.78. The van der Waals surface area contributed by atoms with Crippen molar-refractivity contribution in [2.75, 3.05) is 25.2 Å². The number of Topliss-reactive ketones (excluding diaryl/α,β-unsaturated/α-hetero) is 1. The number of carbonyl (C=O) groups excluding carboxylic acids is 1. The number of carbonyl (C=O) groups is 1. The fourth-order valence-corrected chi connectivity index (χ4v) is 2.79. The van der Waals surface area contributed by atoms with Crippen LogP contribution < -0.4 is 10.1 Å². The summed E-state index contributed by atoms with van der Waals surface area (Å²) in [6.45, 7) is 2.21. The molecular formula is C13H15NO2S. The zero-order chi connectivity index (χ0) is 12.4. The number of fused-ring (bicyclic) bond motifs is 1. The van der Waals surface area contributed by atoms with Crippen molar-refractivity contribution in [3.63, 3.8) is 0 Å². The minimum atomic E-state index is 0.121. The van der Waals surface area contributed by atoms with Gasteiger partial charge in [0.15, 0.2) is 5.78 Å². The van der Waals surface area contributed by atoms with Crippen LogP contribution in [0.15, 0.2) is 23.8 Å². The Bertz CT molecular complexity index is 494. The van der Waals surface area contributed by atoms with Crippen LogP contribution in [0.25, 0.3) is 4.91 Å². The van der Waals surface area contributed by atoms with Gasteiger partial charge in [-0.3, -0.25) is 4.79 Å². The minimum absolute atomic E-state index is 0.121. The molecule has 1 aromatic carbocycles. The molecule has 2 rings (SSSR count). The second-order valence-electron chi connectivity index (χ2n) is 3.83. The summed E-state index contributed by atoms with van der Waals surface area (Å²) in [7, 11) is 1.65. The van der Waals surface area contributed by atoms with Crippen molar-refractivity contribution in [3.8, 4) is 5.75 Å². The number of hydrogen-bond donors (Lipinski definition) is 1. The zero-order valence-corrected chi connectivity index (χ0v) is 11.0. The molecular weight excluding hydrogens is 234 g/mol. The Kier molecular flexibility index (Phi) is 3.43. The second-order valence-corrected chi connectivity index (χ2v) is 4.65. The Morgan fingerprint density at radius 1 is 1.47 bits per heavy atom. The number of ether oxygens (including phenoxy) is 1. The molecule has 1 N–H and O–H groups in total. The number of nitrogens with one attached hydrogen (secondary N) is 1. The van der Waals surface area contributed by atoms with E-state index in [1.807, 2.05) is 24.5 Å². The molecule has 1 aliphatic rings. The average molecular weight is 249 g/mol. The maximum absolute atomic E-state index is 11.6. The van der Waals surface area contributed by atoms with Gasteiger partial charge >= 0.3 is 0 Å². The number of anilines is 1. The van der Waals surface area contributed by atoms with E-state index in [-0.39, 0.29) is 5.78 Å². The van der Waals surface area contributed by atoms with Gasteiger partial charge in [0.05, 0.1) is 7.11 Å². The zero-order valence-electron chi connectivity index (χ0n) is 10.2. The maximum Gasteiger partial charge on any atom is 0.158 e. The van der Waals surface area contributed by atoms with Gasteiger partial charge in [0, 0.05) is 28.3 Å². The van der Waals surface area contributed by atoms with E-state index in [9.17, 15) is 4.79 Å². The number of ketones is 1. The highest BCUT2D eigenvalue weighted by Crippen LogP contribution is 2.39. The van der Waals surface area contributed by atoms with E-state index in [4.69, 9.17) is 4.74 Å². The van der Waals surface area contributed by atoms with E-state index in [0.717, 1.165) is 27.5 Å². The maximum atomic E-state index is 11.6. The minimum Gasteiger partial charge on any atom is -0.497 e. The van der Waals surface area contributed by atoms with Crippen LogP contribution in [-0.4, -0.2) is 25.7 Å². The third kappa shape index (κ3) is 2.17. The Labute approximate surface area is 105 Å². The lowest BCUT2D eigenvalue weighted by Crippen LogP contribution is -2.17. The summed E-state index contributed by atoms with van der Waals surface area (Å²) in [6.07, 6.45) is 1.99. The summed E-state index contributed by atoms with van der Waals surface area (Å²) in [5.41, 5.74) is 2.95. The lowest BCUT2D eigenvalue weighted by atomic mass is 10.0. The quantitative estimate of drug-likeness (QED) is 0.894. The molecule has 17 heavy (non-hydrogen) atoms. The number of thioether (sulfide) groups is 1. The standard InChI is InChI=1S/C13H15NO2S/c1-8(15)11-7-14-12-5-4-9(16-2)6-10(12)13(11)17-3/h4-6,14H,7H2,1-3H3. The van der Waals surface area contributed by atoms with Gasteiger partial charge in [-0.05, 0) is 31.4 Å². The smallest absolute Gasteiger partial charge is 0.158 e. The molecule has 1 aromatic rings. The van der Waals surface area contributed by atoms with Gasteiger partial charge in [0.1, 0.15) is 5.75 Å². The molecule has 0 fully saturated rings. The van der Waals surface area contributed by atoms with Crippen LogP contribution in [0.5, 0.6) is 5.75 Å². The highest BCUT2D eigenvalue weighted by molar-refractivity contribution is 8.07. The molecule has 0 radical (unpaired) electrons. The summed E-state index contributed by atoms with van der Waals surface area (Å²) in [5.74, 6) is 0.928. The molecule has 0 aromatic heterocycles. The van der Waals surface area contributed by atoms with Gasteiger partial charge in [-0.2, -0.15) is 0 Å². The van der Waals surface area contributed by atoms with Gasteiger partial charge < -0.3 is 10.1 Å². The fraction of sp³-hybridized carbons (Fsp3) is 0.308. The third-order valence-electron chi connectivity index (χ3n) is 2.83. The van der Waals surface area contributed by atoms with Crippen LogP contribution in [0.1, 0.15) is 12.5 Å². The van der Waals surface area contributed by atoms with Crippen molar-refractivity contribution in [1.29, 1.82) is 0 Å². The van der Waals surface area contributed by atoms with E-state index in [0.29, 0.717) is 6.54 Å². The molecule has 0 atom stereocenters. The first kappa shape index (κ1) is 12.0. The number of methoxy groups -OCH3 is 1. The molecule has 3 nitrogen and oxygen atoms in total. The Balaban J connectivity index is 2.58. The largest absolute Gasteiger partial charge is 0.497 e. The van der Waals surface area contributed by atoms with Crippen LogP contribution in [0.3, 0.4) is 0 Å². The van der Waals surface area contributed by atoms with Crippen molar-refractivity contribution in [2.24, 2.45) is 0 Å². The van der Waals surface area contributed by atoms with Crippen molar-refractivity contribution in [2.45, 2.75) is 6.92 Å². The Morgan fingerprint density at radius 2 is 2.24 bits per heavy atom. The number of benzene rings is 1. The highest BCUT2D eigenvalue weighted by Gasteiger charge is 2.21. The van der Waals surface area contributed by atoms with Crippen LogP contribution in [0, 0.1) is 0 Å². The first-order valence-corrected chi connectivity index (χ1v) is 6.60. The van der Waals surface area contributed by atoms with Gasteiger partial charge in [-0.15, -0.1) is 11.8 Å². The van der Waals surface area contributed by atoms with E-state index < -0.39 is 0 Å². The molecule has 0 spiro atoms. The first-order chi connectivity index (χ1) is 8.17. The molecule has 0 unspecified atom stereocenters. The van der Waals surface area contributed by atoms with Gasteiger partial charge in [0.2, 0.25) is 0 Å². The molecule has 4 heteroatoms. The third-order valence-corrected chi connectivity index (χ3v) is 3.70. The summed E-state index contributed by atoms with van der Waals surface area (Å²) in [5, 5.41) is 3.26. The summed E-state index contributed by atoms with van der Waals surface area (Å²) in [4.78, 5) is 12.6. The van der Waals surface area contributed by atoms with E-state index in [1.165, 1.54) is 0 Å². The van der Waals surface area contributed by atoms with Crippen LogP contribution in [0.2, 0.25) is 0 Å². The molecule has 0 bridgehead atoms. The molecule has 1 aliphatic heterocycles. The topological polar surface area (TPSA) is 38.3 Å². The van der Waals surface area contributed by atoms with Gasteiger partial charge in [0.25, 0.3) is 0 Å². The second kappa shape index (κ2) is 4.84. The van der Waals surface area contributed by atoms with E-state index in [2.05, 4.69) is 5.32 Å². The van der Waals surface area contributed by atoms with Gasteiger partial charge in [-0.1, -0.05) is 0 Å². The van der Waals surface area contributed by atoms with Crippen LogP contribution in [-0.2, 0) is 4.79 Å². The molecule has 90 valence electrons. The van der Waals surface area contributed by atoms with E-state index >= 15 is 0 Å². The van der Waals surface area contributed by atoms with Gasteiger partial charge in [-0.25, -0.2) is 0 Å². The summed E-state index contributed by atoms with van der Waals surface area (Å²) >= 11 is 1.61. The first-order valence-electron chi connectivity index (χ1n) is 5.37. The molecule has 0 saturated carbocycles. The number of rotatable bonds is 3. The summed E-state index contributed by atoms with van der Waals surface area (Å²) in [6, 6.07) is 5.88. The van der Waals surface area contributed by atoms with Crippen LogP contribution in [0.4, 0.5) is 5.69 Å². The van der Waals surface area contributed by atoms with Crippen molar-refractivity contribution in [1.82, 2.24) is 0 Å². The predicted molar refractivity (Wildman–Crippen MR) is 72.6 cm³/mol. The Hall–Kier alpha value is -1.42. The van der Waals surface area contributed by atoms with Crippen molar-refractivity contribution >= 4 is 28.1 Å². The number of hydrogen-bond acceptors (Lipinski definition) is 4. The normalized spacial score (nSPS) is 14.1. The molecule has 0 saturated heterocycles. The SMILES string of the molecule is COc1ccc2c(c1)C(SC)=C(C(C)=O)CN2.